The summed E-state index contributed by atoms with van der Waals surface area (Å²) in [7, 11) is 3.05. The number of benzene rings is 3. The van der Waals surface area contributed by atoms with Gasteiger partial charge in [0.1, 0.15) is 0 Å². The average molecular weight is 457 g/mol. The molecule has 0 fully saturated rings. The molecule has 0 aliphatic carbocycles. The zero-order chi connectivity index (χ0) is 24.0. The molecule has 0 bridgehead atoms. The summed E-state index contributed by atoms with van der Waals surface area (Å²) in [6, 6.07) is 17.9. The summed E-state index contributed by atoms with van der Waals surface area (Å²) >= 11 is 0. The van der Waals surface area contributed by atoms with Gasteiger partial charge >= 0.3 is 6.18 Å². The fourth-order valence-corrected chi connectivity index (χ4v) is 3.47. The lowest BCUT2D eigenvalue weighted by molar-refractivity contribution is -0.137. The lowest BCUT2D eigenvalue weighted by atomic mass is 10.1. The molecule has 4 nitrogen and oxygen atoms in total. The van der Waals surface area contributed by atoms with Crippen LogP contribution in [0.2, 0.25) is 0 Å². The van der Waals surface area contributed by atoms with Gasteiger partial charge in [0.2, 0.25) is 5.91 Å². The second-order valence-corrected chi connectivity index (χ2v) is 7.69. The Morgan fingerprint density at radius 1 is 0.848 bits per heavy atom. The summed E-state index contributed by atoms with van der Waals surface area (Å²) in [5.41, 5.74) is 2.61. The first kappa shape index (κ1) is 24.2. The van der Waals surface area contributed by atoms with Crippen molar-refractivity contribution in [1.82, 2.24) is 0 Å². The third-order valence-electron chi connectivity index (χ3n) is 5.36. The number of ether oxygens (including phenoxy) is 2. The fourth-order valence-electron chi connectivity index (χ4n) is 3.47. The molecule has 0 saturated heterocycles. The van der Waals surface area contributed by atoms with Crippen LogP contribution in [-0.2, 0) is 23.8 Å². The number of hydrogen-bond donors (Lipinski definition) is 0. The van der Waals surface area contributed by atoms with Crippen molar-refractivity contribution in [3.05, 3.63) is 89.0 Å². The third kappa shape index (κ3) is 6.28. The minimum atomic E-state index is -4.38. The molecule has 0 atom stereocenters. The van der Waals surface area contributed by atoms with Crippen molar-refractivity contribution in [3.63, 3.8) is 0 Å². The molecule has 0 aliphatic rings. The maximum absolute atomic E-state index is 13.3. The van der Waals surface area contributed by atoms with Crippen LogP contribution in [0.25, 0.3) is 0 Å². The fraction of sp³-hybridized carbons (Fsp3) is 0.269. The van der Waals surface area contributed by atoms with Crippen LogP contribution in [0.3, 0.4) is 0 Å². The molecular formula is C26H26F3NO3. The van der Waals surface area contributed by atoms with Gasteiger partial charge in [0.25, 0.3) is 0 Å². The summed E-state index contributed by atoms with van der Waals surface area (Å²) in [6.07, 6.45) is -3.79. The molecule has 0 aliphatic heterocycles. The van der Waals surface area contributed by atoms with Crippen molar-refractivity contribution in [2.45, 2.75) is 25.9 Å². The molecule has 3 rings (SSSR count). The van der Waals surface area contributed by atoms with Crippen LogP contribution in [0.15, 0.2) is 66.7 Å². The van der Waals surface area contributed by atoms with E-state index in [2.05, 4.69) is 0 Å². The normalized spacial score (nSPS) is 11.2. The van der Waals surface area contributed by atoms with Crippen LogP contribution in [0, 0.1) is 6.92 Å². The van der Waals surface area contributed by atoms with Crippen molar-refractivity contribution in [2.75, 3.05) is 25.7 Å². The second kappa shape index (κ2) is 10.4. The highest BCUT2D eigenvalue weighted by molar-refractivity contribution is 5.95. The molecule has 0 aromatic heterocycles. The third-order valence-corrected chi connectivity index (χ3v) is 5.36. The van der Waals surface area contributed by atoms with E-state index in [4.69, 9.17) is 9.47 Å². The molecule has 1 amide bonds. The second-order valence-electron chi connectivity index (χ2n) is 7.69. The average Bonchev–Trinajstić information content (AvgIpc) is 2.80. The van der Waals surface area contributed by atoms with Crippen LogP contribution in [0.1, 0.15) is 22.3 Å². The number of hydrogen-bond acceptors (Lipinski definition) is 3. The van der Waals surface area contributed by atoms with Gasteiger partial charge in [-0.2, -0.15) is 13.2 Å². The molecule has 0 unspecified atom stereocenters. The molecule has 7 heteroatoms. The van der Waals surface area contributed by atoms with Gasteiger partial charge in [-0.1, -0.05) is 42.0 Å². The van der Waals surface area contributed by atoms with Crippen LogP contribution in [0.4, 0.5) is 18.9 Å². The molecule has 174 valence electrons. The highest BCUT2D eigenvalue weighted by Gasteiger charge is 2.30. The Labute approximate surface area is 191 Å². The Balaban J connectivity index is 1.84. The maximum Gasteiger partial charge on any atom is 0.416 e. The molecule has 0 saturated carbocycles. The van der Waals surface area contributed by atoms with Crippen molar-refractivity contribution in [2.24, 2.45) is 0 Å². The number of carbonyl (C=O) groups is 1. The summed E-state index contributed by atoms with van der Waals surface area (Å²) in [4.78, 5) is 14.9. The first-order chi connectivity index (χ1) is 15.7. The van der Waals surface area contributed by atoms with Gasteiger partial charge in [0.15, 0.2) is 11.5 Å². The Bertz CT molecular complexity index is 1080. The number of alkyl halides is 3. The summed E-state index contributed by atoms with van der Waals surface area (Å²) in [5, 5.41) is 0. The zero-order valence-corrected chi connectivity index (χ0v) is 18.8. The van der Waals surface area contributed by atoms with Gasteiger partial charge in [0, 0.05) is 18.3 Å². The van der Waals surface area contributed by atoms with Gasteiger partial charge in [-0.05, 0) is 48.7 Å². The van der Waals surface area contributed by atoms with Crippen LogP contribution in [0.5, 0.6) is 11.5 Å². The quantitative estimate of drug-likeness (QED) is 0.426. The van der Waals surface area contributed by atoms with E-state index in [-0.39, 0.29) is 12.3 Å². The Morgan fingerprint density at radius 2 is 1.45 bits per heavy atom. The molecule has 0 spiro atoms. The lowest BCUT2D eigenvalue weighted by Gasteiger charge is -2.24. The van der Waals surface area contributed by atoms with Gasteiger partial charge in [-0.15, -0.1) is 0 Å². The number of amides is 1. The summed E-state index contributed by atoms with van der Waals surface area (Å²) in [5.74, 6) is 0.894. The first-order valence-electron chi connectivity index (χ1n) is 10.5. The maximum atomic E-state index is 13.3. The topological polar surface area (TPSA) is 38.8 Å². The lowest BCUT2D eigenvalue weighted by Crippen LogP contribution is -2.34. The molecule has 0 radical (unpaired) electrons. The van der Waals surface area contributed by atoms with E-state index in [1.807, 2.05) is 31.2 Å². The van der Waals surface area contributed by atoms with E-state index < -0.39 is 11.7 Å². The molecule has 3 aromatic rings. The van der Waals surface area contributed by atoms with Gasteiger partial charge in [-0.3, -0.25) is 4.79 Å². The number of rotatable bonds is 8. The smallest absolute Gasteiger partial charge is 0.416 e. The minimum Gasteiger partial charge on any atom is -0.493 e. The zero-order valence-electron chi connectivity index (χ0n) is 18.8. The molecule has 0 heterocycles. The monoisotopic (exact) mass is 457 g/mol. The van der Waals surface area contributed by atoms with E-state index in [0.717, 1.165) is 23.3 Å². The van der Waals surface area contributed by atoms with Crippen molar-refractivity contribution in [1.29, 1.82) is 0 Å². The van der Waals surface area contributed by atoms with Crippen LogP contribution in [-0.4, -0.2) is 26.7 Å². The Morgan fingerprint density at radius 3 is 2.03 bits per heavy atom. The number of aryl methyl sites for hydroxylation is 1. The SMILES string of the molecule is COc1ccc(N(CCc2ccc(C(F)(F)F)cc2)C(=O)Cc2ccc(C)cc2)cc1OC. The Hall–Kier alpha value is -3.48. The summed E-state index contributed by atoms with van der Waals surface area (Å²) < 4.78 is 49.2. The molecule has 33 heavy (non-hydrogen) atoms. The van der Waals surface area contributed by atoms with Crippen molar-refractivity contribution < 1.29 is 27.4 Å². The molecular weight excluding hydrogens is 431 g/mol. The highest BCUT2D eigenvalue weighted by atomic mass is 19.4. The van der Waals surface area contributed by atoms with Crippen LogP contribution >= 0.6 is 0 Å². The van der Waals surface area contributed by atoms with E-state index in [9.17, 15) is 18.0 Å². The first-order valence-corrected chi connectivity index (χ1v) is 10.5. The number of carbonyl (C=O) groups excluding carboxylic acids is 1. The number of methoxy groups -OCH3 is 2. The van der Waals surface area contributed by atoms with Gasteiger partial charge in [0.05, 0.1) is 26.2 Å². The standard InChI is InChI=1S/C26H26F3NO3/c1-18-4-6-20(7-5-18)16-25(31)30(22-12-13-23(32-2)24(17-22)33-3)15-14-19-8-10-21(11-9-19)26(27,28)29/h4-13,17H,14-16H2,1-3H3. The van der Waals surface area contributed by atoms with E-state index in [0.29, 0.717) is 35.7 Å². The molecule has 0 N–H and O–H groups in total. The van der Waals surface area contributed by atoms with E-state index in [1.165, 1.54) is 26.4 Å². The van der Waals surface area contributed by atoms with Gasteiger partial charge < -0.3 is 14.4 Å². The van der Waals surface area contributed by atoms with Crippen molar-refractivity contribution in [3.8, 4) is 11.5 Å². The van der Waals surface area contributed by atoms with E-state index >= 15 is 0 Å². The number of halogens is 3. The Kier molecular flexibility index (Phi) is 7.63. The molecule has 3 aromatic carbocycles. The van der Waals surface area contributed by atoms with Crippen LogP contribution < -0.4 is 14.4 Å². The number of anilines is 1. The predicted octanol–water partition coefficient (Wildman–Crippen LogP) is 5.85. The number of nitrogens with zero attached hydrogens (tertiary/aromatic N) is 1. The predicted molar refractivity (Wildman–Crippen MR) is 122 cm³/mol. The minimum absolute atomic E-state index is 0.127. The largest absolute Gasteiger partial charge is 0.493 e. The van der Waals surface area contributed by atoms with E-state index in [1.54, 1.807) is 23.1 Å². The van der Waals surface area contributed by atoms with Gasteiger partial charge in [-0.25, -0.2) is 0 Å². The highest BCUT2D eigenvalue weighted by Crippen LogP contribution is 2.32. The van der Waals surface area contributed by atoms with Crippen molar-refractivity contribution >= 4 is 11.6 Å². The summed E-state index contributed by atoms with van der Waals surface area (Å²) in [6.45, 7) is 2.27.